The van der Waals surface area contributed by atoms with Gasteiger partial charge in [0.05, 0.1) is 17.6 Å². The van der Waals surface area contributed by atoms with Gasteiger partial charge in [-0.05, 0) is 6.07 Å². The highest BCUT2D eigenvalue weighted by Crippen LogP contribution is 2.34. The first-order chi connectivity index (χ1) is 6.68. The summed E-state index contributed by atoms with van der Waals surface area (Å²) >= 11 is 0. The summed E-state index contributed by atoms with van der Waals surface area (Å²) in [7, 11) is 0. The van der Waals surface area contributed by atoms with Crippen LogP contribution in [-0.2, 0) is 0 Å². The monoisotopic (exact) mass is 195 g/mol. The number of benzene rings is 1. The van der Waals surface area contributed by atoms with E-state index < -0.39 is 11.0 Å². The molecule has 0 aromatic heterocycles. The number of nitrogens with zero attached hydrogens (tertiary/aromatic N) is 1. The normalized spacial score (nSPS) is 19.6. The van der Waals surface area contributed by atoms with E-state index in [9.17, 15) is 15.2 Å². The molecule has 0 fully saturated rings. The Balaban J connectivity index is 2.45. The number of aliphatic hydroxyl groups is 1. The molecule has 0 spiro atoms. The fourth-order valence-corrected chi connectivity index (χ4v) is 1.48. The zero-order valence-electron chi connectivity index (χ0n) is 7.34. The van der Waals surface area contributed by atoms with Crippen LogP contribution in [-0.4, -0.2) is 16.6 Å². The summed E-state index contributed by atoms with van der Waals surface area (Å²) in [6.45, 7) is 0.450. The van der Waals surface area contributed by atoms with Crippen LogP contribution in [0.15, 0.2) is 18.2 Å². The lowest BCUT2D eigenvalue weighted by molar-refractivity contribution is -0.385. The van der Waals surface area contributed by atoms with Gasteiger partial charge in [-0.3, -0.25) is 10.1 Å². The van der Waals surface area contributed by atoms with Crippen LogP contribution >= 0.6 is 0 Å². The van der Waals surface area contributed by atoms with E-state index in [2.05, 4.69) is 0 Å². The smallest absolute Gasteiger partial charge is 0.270 e. The lowest BCUT2D eigenvalue weighted by atomic mass is 10.0. The van der Waals surface area contributed by atoms with E-state index in [0.29, 0.717) is 24.3 Å². The van der Waals surface area contributed by atoms with Crippen molar-refractivity contribution in [3.05, 3.63) is 33.9 Å². The molecule has 5 nitrogen and oxygen atoms in total. The van der Waals surface area contributed by atoms with Crippen molar-refractivity contribution in [2.45, 2.75) is 12.5 Å². The van der Waals surface area contributed by atoms with E-state index in [1.807, 2.05) is 0 Å². The summed E-state index contributed by atoms with van der Waals surface area (Å²) in [6.07, 6.45) is -0.174. The molecule has 1 unspecified atom stereocenters. The van der Waals surface area contributed by atoms with Gasteiger partial charge in [0.15, 0.2) is 0 Å². The van der Waals surface area contributed by atoms with Crippen LogP contribution in [0.25, 0.3) is 0 Å². The summed E-state index contributed by atoms with van der Waals surface area (Å²) in [5.41, 5.74) is 0.485. The molecule has 5 heteroatoms. The van der Waals surface area contributed by atoms with Crippen molar-refractivity contribution in [2.75, 3.05) is 6.61 Å². The molecule has 1 aliphatic rings. The highest BCUT2D eigenvalue weighted by atomic mass is 16.6. The third-order valence-corrected chi connectivity index (χ3v) is 2.21. The highest BCUT2D eigenvalue weighted by Gasteiger charge is 2.21. The number of nitro groups is 1. The quantitative estimate of drug-likeness (QED) is 0.543. The van der Waals surface area contributed by atoms with Crippen molar-refractivity contribution in [3.8, 4) is 5.75 Å². The maximum absolute atomic E-state index is 10.5. The van der Waals surface area contributed by atoms with Crippen LogP contribution in [0.4, 0.5) is 5.69 Å². The van der Waals surface area contributed by atoms with E-state index in [4.69, 9.17) is 4.74 Å². The van der Waals surface area contributed by atoms with Crippen LogP contribution in [0, 0.1) is 10.1 Å². The van der Waals surface area contributed by atoms with Gasteiger partial charge >= 0.3 is 0 Å². The van der Waals surface area contributed by atoms with Gasteiger partial charge in [-0.1, -0.05) is 0 Å². The number of aliphatic hydroxyl groups excluding tert-OH is 1. The topological polar surface area (TPSA) is 72.6 Å². The summed E-state index contributed by atoms with van der Waals surface area (Å²) in [4.78, 5) is 9.99. The Morgan fingerprint density at radius 3 is 3.07 bits per heavy atom. The Morgan fingerprint density at radius 1 is 1.57 bits per heavy atom. The average molecular weight is 195 g/mol. The molecule has 1 aliphatic heterocycles. The maximum atomic E-state index is 10.5. The fourth-order valence-electron chi connectivity index (χ4n) is 1.48. The van der Waals surface area contributed by atoms with Crippen LogP contribution in [0.5, 0.6) is 5.75 Å². The molecule has 0 saturated carbocycles. The third kappa shape index (κ3) is 1.42. The van der Waals surface area contributed by atoms with E-state index in [1.165, 1.54) is 18.2 Å². The SMILES string of the molecule is O=[N+]([O-])c1ccc2c(c1)C(O)CCO2. The van der Waals surface area contributed by atoms with Gasteiger partial charge in [-0.15, -0.1) is 0 Å². The Hall–Kier alpha value is -1.62. The van der Waals surface area contributed by atoms with Gasteiger partial charge in [-0.2, -0.15) is 0 Å². The highest BCUT2D eigenvalue weighted by molar-refractivity contribution is 5.45. The van der Waals surface area contributed by atoms with Crippen LogP contribution in [0.1, 0.15) is 18.1 Å². The minimum Gasteiger partial charge on any atom is -0.493 e. The Kier molecular flexibility index (Phi) is 2.09. The molecule has 0 radical (unpaired) electrons. The van der Waals surface area contributed by atoms with Crippen LogP contribution < -0.4 is 4.74 Å². The molecule has 74 valence electrons. The van der Waals surface area contributed by atoms with Gasteiger partial charge in [0.25, 0.3) is 5.69 Å². The number of fused-ring (bicyclic) bond motifs is 1. The summed E-state index contributed by atoms with van der Waals surface area (Å²) < 4.78 is 5.25. The van der Waals surface area contributed by atoms with Crippen LogP contribution in [0.2, 0.25) is 0 Å². The second-order valence-corrected chi connectivity index (χ2v) is 3.13. The van der Waals surface area contributed by atoms with Crippen LogP contribution in [0.3, 0.4) is 0 Å². The second kappa shape index (κ2) is 3.26. The first-order valence-corrected chi connectivity index (χ1v) is 4.27. The first-order valence-electron chi connectivity index (χ1n) is 4.27. The van der Waals surface area contributed by atoms with E-state index in [0.717, 1.165) is 0 Å². The molecule has 0 amide bonds. The first kappa shape index (κ1) is 8.96. The Morgan fingerprint density at radius 2 is 2.36 bits per heavy atom. The van der Waals surface area contributed by atoms with Crippen molar-refractivity contribution in [3.63, 3.8) is 0 Å². The molecular weight excluding hydrogens is 186 g/mol. The predicted molar refractivity (Wildman–Crippen MR) is 48.2 cm³/mol. The average Bonchev–Trinajstić information content (AvgIpc) is 2.18. The molecule has 1 atom stereocenters. The second-order valence-electron chi connectivity index (χ2n) is 3.13. The van der Waals surface area contributed by atoms with Gasteiger partial charge < -0.3 is 9.84 Å². The van der Waals surface area contributed by atoms with Crippen molar-refractivity contribution in [2.24, 2.45) is 0 Å². The van der Waals surface area contributed by atoms with Crippen molar-refractivity contribution in [1.29, 1.82) is 0 Å². The number of nitro benzene ring substituents is 1. The minimum absolute atomic E-state index is 0.0201. The van der Waals surface area contributed by atoms with Gasteiger partial charge in [-0.25, -0.2) is 0 Å². The molecule has 0 aliphatic carbocycles. The predicted octanol–water partition coefficient (Wildman–Crippen LogP) is 1.41. The van der Waals surface area contributed by atoms with E-state index in [1.54, 1.807) is 0 Å². The number of rotatable bonds is 1. The molecule has 1 aromatic rings. The van der Waals surface area contributed by atoms with Crippen molar-refractivity contribution in [1.82, 2.24) is 0 Å². The largest absolute Gasteiger partial charge is 0.493 e. The number of ether oxygens (including phenoxy) is 1. The molecule has 0 bridgehead atoms. The number of non-ortho nitro benzene ring substituents is 1. The van der Waals surface area contributed by atoms with Gasteiger partial charge in [0.1, 0.15) is 5.75 Å². The zero-order chi connectivity index (χ0) is 10.1. The van der Waals surface area contributed by atoms with E-state index >= 15 is 0 Å². The Labute approximate surface area is 80.1 Å². The summed E-state index contributed by atoms with van der Waals surface area (Å²) in [5, 5.41) is 20.0. The van der Waals surface area contributed by atoms with E-state index in [-0.39, 0.29) is 5.69 Å². The molecule has 1 N–H and O–H groups in total. The van der Waals surface area contributed by atoms with Gasteiger partial charge in [0, 0.05) is 24.1 Å². The number of hydrogen-bond donors (Lipinski definition) is 1. The molecule has 1 heterocycles. The van der Waals surface area contributed by atoms with Crippen molar-refractivity contribution < 1.29 is 14.8 Å². The molecule has 2 rings (SSSR count). The minimum atomic E-state index is -0.654. The van der Waals surface area contributed by atoms with Gasteiger partial charge in [0.2, 0.25) is 0 Å². The lowest BCUT2D eigenvalue weighted by Gasteiger charge is -2.21. The third-order valence-electron chi connectivity index (χ3n) is 2.21. The van der Waals surface area contributed by atoms with Crippen molar-refractivity contribution >= 4 is 5.69 Å². The fraction of sp³-hybridized carbons (Fsp3) is 0.333. The number of hydrogen-bond acceptors (Lipinski definition) is 4. The summed E-state index contributed by atoms with van der Waals surface area (Å²) in [6, 6.07) is 4.26. The molecule has 14 heavy (non-hydrogen) atoms. The molecular formula is C9H9NO4. The maximum Gasteiger partial charge on any atom is 0.270 e. The lowest BCUT2D eigenvalue weighted by Crippen LogP contribution is -2.13. The zero-order valence-corrected chi connectivity index (χ0v) is 7.34. The molecule has 1 aromatic carbocycles. The Bertz CT molecular complexity index is 377. The molecule has 0 saturated heterocycles. The summed E-state index contributed by atoms with van der Waals surface area (Å²) in [5.74, 6) is 0.536. The standard InChI is InChI=1S/C9H9NO4/c11-8-3-4-14-9-2-1-6(10(12)13)5-7(8)9/h1-2,5,8,11H,3-4H2.